The van der Waals surface area contributed by atoms with Gasteiger partial charge < -0.3 is 39.6 Å². The van der Waals surface area contributed by atoms with E-state index in [1.807, 2.05) is 112 Å². The molecule has 14 heteroatoms. The normalized spacial score (nSPS) is 24.4. The van der Waals surface area contributed by atoms with Crippen LogP contribution in [-0.2, 0) is 50.7 Å². The average Bonchev–Trinajstić information content (AvgIpc) is 3.67. The van der Waals surface area contributed by atoms with Crippen molar-refractivity contribution in [2.24, 2.45) is 5.92 Å². The smallest absolute Gasteiger partial charge is 0.264 e. The van der Waals surface area contributed by atoms with E-state index in [-0.39, 0.29) is 49.9 Å². The number of carbonyl (C=O) groups excluding carboxylic acids is 3. The predicted molar refractivity (Wildman–Crippen MR) is 244 cm³/mol. The van der Waals surface area contributed by atoms with Gasteiger partial charge in [0.1, 0.15) is 5.75 Å². The highest BCUT2D eigenvalue weighted by molar-refractivity contribution is 9.10. The SMILES string of the molecule is CCOc1ccc2c(c1)CC(NCCCCO)C(=O)N2c1cccc(CN2C(=O)[C@]3(O[C@H](CC(=O)N4Cc5ccccc5C[C@H]4CO)[C@@H]([Si](C)(C)O)[C@@H]3C)c3cc(Br)ccc32)c1. The number of aliphatic hydroxyl groups excluding tert-OH is 2. The summed E-state index contributed by atoms with van der Waals surface area (Å²) >= 11 is 3.65. The number of nitrogens with zero attached hydrogens (tertiary/aromatic N) is 3. The van der Waals surface area contributed by atoms with Crippen molar-refractivity contribution in [3.63, 3.8) is 0 Å². The van der Waals surface area contributed by atoms with Crippen LogP contribution in [0, 0.1) is 5.92 Å². The molecule has 1 unspecified atom stereocenters. The maximum absolute atomic E-state index is 15.3. The molecule has 4 heterocycles. The molecule has 328 valence electrons. The van der Waals surface area contributed by atoms with Crippen molar-refractivity contribution in [1.82, 2.24) is 10.2 Å². The van der Waals surface area contributed by atoms with Gasteiger partial charge in [0.25, 0.3) is 5.91 Å². The fourth-order valence-electron chi connectivity index (χ4n) is 10.4. The van der Waals surface area contributed by atoms with Crippen molar-refractivity contribution in [2.75, 3.05) is 36.2 Å². The fourth-order valence-corrected chi connectivity index (χ4v) is 13.4. The topological polar surface area (TPSA) is 152 Å². The van der Waals surface area contributed by atoms with E-state index in [1.165, 1.54) is 0 Å². The van der Waals surface area contributed by atoms with E-state index in [0.717, 1.165) is 44.6 Å². The first-order valence-corrected chi connectivity index (χ1v) is 25.6. The first-order valence-electron chi connectivity index (χ1n) is 21.8. The number of hydrogen-bond acceptors (Lipinski definition) is 9. The van der Waals surface area contributed by atoms with Crippen molar-refractivity contribution < 1.29 is 38.9 Å². The second-order valence-electron chi connectivity index (χ2n) is 17.7. The Hall–Kier alpha value is -4.41. The number of hydrogen-bond donors (Lipinski definition) is 4. The summed E-state index contributed by atoms with van der Waals surface area (Å²) in [5.41, 5.74) is 4.78. The number of fused-ring (bicyclic) bond motifs is 4. The molecular weight excluding hydrogens is 869 g/mol. The van der Waals surface area contributed by atoms with Crippen LogP contribution in [0.4, 0.5) is 17.1 Å². The van der Waals surface area contributed by atoms with Crippen molar-refractivity contribution in [3.05, 3.63) is 117 Å². The molecule has 0 radical (unpaired) electrons. The number of amides is 3. The maximum Gasteiger partial charge on any atom is 0.264 e. The Morgan fingerprint density at radius 1 is 0.952 bits per heavy atom. The second kappa shape index (κ2) is 18.0. The molecule has 0 aromatic heterocycles. The lowest BCUT2D eigenvalue weighted by atomic mass is 9.82. The fraction of sp³-hybridized carbons (Fsp3) is 0.438. The summed E-state index contributed by atoms with van der Waals surface area (Å²) in [6.07, 6.45) is 1.62. The summed E-state index contributed by atoms with van der Waals surface area (Å²) < 4.78 is 13.7. The Morgan fingerprint density at radius 2 is 1.73 bits per heavy atom. The summed E-state index contributed by atoms with van der Waals surface area (Å²) in [6, 6.07) is 26.3. The minimum Gasteiger partial charge on any atom is -0.494 e. The number of ether oxygens (including phenoxy) is 2. The van der Waals surface area contributed by atoms with Gasteiger partial charge in [-0.25, -0.2) is 0 Å². The van der Waals surface area contributed by atoms with Gasteiger partial charge in [0.15, 0.2) is 13.9 Å². The van der Waals surface area contributed by atoms with Crippen LogP contribution in [0.3, 0.4) is 0 Å². The molecule has 4 N–H and O–H groups in total. The van der Waals surface area contributed by atoms with Gasteiger partial charge in [-0.15, -0.1) is 0 Å². The van der Waals surface area contributed by atoms with Gasteiger partial charge in [-0.1, -0.05) is 59.3 Å². The Balaban J connectivity index is 1.10. The number of rotatable bonds is 14. The van der Waals surface area contributed by atoms with Gasteiger partial charge in [-0.05, 0) is 123 Å². The maximum atomic E-state index is 15.3. The van der Waals surface area contributed by atoms with E-state index in [2.05, 4.69) is 21.2 Å². The monoisotopic (exact) mass is 924 g/mol. The van der Waals surface area contributed by atoms with Gasteiger partial charge in [0.2, 0.25) is 11.8 Å². The van der Waals surface area contributed by atoms with Crippen molar-refractivity contribution in [1.29, 1.82) is 0 Å². The number of anilines is 3. The van der Waals surface area contributed by atoms with Crippen LogP contribution in [0.2, 0.25) is 18.6 Å². The van der Waals surface area contributed by atoms with Crippen LogP contribution in [0.15, 0.2) is 89.4 Å². The first-order chi connectivity index (χ1) is 29.8. The summed E-state index contributed by atoms with van der Waals surface area (Å²) in [7, 11) is -3.08. The van der Waals surface area contributed by atoms with Crippen LogP contribution in [0.1, 0.15) is 60.9 Å². The van der Waals surface area contributed by atoms with Gasteiger partial charge in [-0.3, -0.25) is 19.3 Å². The zero-order chi connectivity index (χ0) is 43.9. The van der Waals surface area contributed by atoms with Gasteiger partial charge in [0.05, 0.1) is 55.7 Å². The van der Waals surface area contributed by atoms with Crippen LogP contribution >= 0.6 is 15.9 Å². The predicted octanol–water partition coefficient (Wildman–Crippen LogP) is 6.48. The van der Waals surface area contributed by atoms with Gasteiger partial charge in [0, 0.05) is 40.3 Å². The van der Waals surface area contributed by atoms with Crippen LogP contribution in [0.5, 0.6) is 5.75 Å². The molecule has 0 bridgehead atoms. The third kappa shape index (κ3) is 8.15. The molecule has 62 heavy (non-hydrogen) atoms. The Kier molecular flexibility index (Phi) is 12.8. The Bertz CT molecular complexity index is 2340. The van der Waals surface area contributed by atoms with Crippen LogP contribution < -0.4 is 19.9 Å². The number of aliphatic hydroxyl groups is 2. The molecule has 4 aliphatic heterocycles. The minimum atomic E-state index is -3.08. The number of halogens is 1. The van der Waals surface area contributed by atoms with Crippen molar-refractivity contribution in [2.45, 2.75) is 101 Å². The van der Waals surface area contributed by atoms with Crippen LogP contribution in [0.25, 0.3) is 0 Å². The van der Waals surface area contributed by atoms with Gasteiger partial charge in [-0.2, -0.15) is 0 Å². The van der Waals surface area contributed by atoms with E-state index in [0.29, 0.717) is 55.9 Å². The van der Waals surface area contributed by atoms with E-state index >= 15 is 4.79 Å². The molecule has 0 saturated carbocycles. The van der Waals surface area contributed by atoms with Crippen molar-refractivity contribution >= 4 is 59.0 Å². The highest BCUT2D eigenvalue weighted by atomic mass is 79.9. The number of unbranched alkanes of at least 4 members (excludes halogenated alkanes) is 1. The van der Waals surface area contributed by atoms with Crippen LogP contribution in [-0.4, -0.2) is 90.5 Å². The molecule has 3 amide bonds. The molecule has 0 aliphatic carbocycles. The molecule has 1 spiro atoms. The quantitative estimate of drug-likeness (QED) is 0.0824. The lowest BCUT2D eigenvalue weighted by Gasteiger charge is -2.37. The molecule has 6 atom stereocenters. The molecule has 4 aliphatic rings. The highest BCUT2D eigenvalue weighted by Crippen LogP contribution is 2.60. The summed E-state index contributed by atoms with van der Waals surface area (Å²) in [6.45, 7) is 9.16. The van der Waals surface area contributed by atoms with E-state index in [9.17, 15) is 24.6 Å². The van der Waals surface area contributed by atoms with E-state index in [4.69, 9.17) is 9.47 Å². The standard InChI is InChI=1S/C48H57BrN4O8Si/c1-5-60-38-16-18-41-34(23-38)24-40(50-19-8-9-20-54)46(57)53(41)36-14-10-11-31(21-36)27-52-42-17-15-35(49)25-39(42)48(47(52)58)30(2)45(62(3,4)59)43(61-48)26-44(56)51-28-33-13-7-6-12-32(33)22-37(51)29-55/h6-7,10-18,21,23,25,30,37,40,43,45,50,54-55,59H,5,8-9,19-20,22,24,26-29H2,1-4H3/t30-,37-,40?,43+,45-,48+/m0/s1. The number of carbonyl (C=O) groups is 3. The summed E-state index contributed by atoms with van der Waals surface area (Å²) in [5, 5.41) is 23.1. The van der Waals surface area contributed by atoms with E-state index in [1.54, 1.807) is 14.7 Å². The number of nitrogens with one attached hydrogen (secondary N) is 1. The lowest BCUT2D eigenvalue weighted by molar-refractivity contribution is -0.151. The summed E-state index contributed by atoms with van der Waals surface area (Å²) in [5.74, 6) is -0.294. The third-order valence-corrected chi connectivity index (χ3v) is 16.2. The lowest BCUT2D eigenvalue weighted by Crippen LogP contribution is -2.49. The summed E-state index contributed by atoms with van der Waals surface area (Å²) in [4.78, 5) is 61.1. The minimum absolute atomic E-state index is 0.0419. The Morgan fingerprint density at radius 3 is 2.47 bits per heavy atom. The largest absolute Gasteiger partial charge is 0.494 e. The van der Waals surface area contributed by atoms with E-state index < -0.39 is 37.5 Å². The molecule has 1 fully saturated rings. The molecule has 4 aromatic rings. The third-order valence-electron chi connectivity index (χ3n) is 13.2. The second-order valence-corrected chi connectivity index (χ2v) is 22.5. The molecule has 8 rings (SSSR count). The van der Waals surface area contributed by atoms with Crippen molar-refractivity contribution in [3.8, 4) is 5.75 Å². The molecular formula is C48H57BrN4O8Si. The zero-order valence-corrected chi connectivity index (χ0v) is 38.4. The Labute approximate surface area is 373 Å². The number of benzene rings is 4. The molecule has 4 aromatic carbocycles. The molecule has 12 nitrogen and oxygen atoms in total. The highest BCUT2D eigenvalue weighted by Gasteiger charge is 2.66. The average molecular weight is 926 g/mol. The first kappa shape index (κ1) is 44.2. The zero-order valence-electron chi connectivity index (χ0n) is 35.9. The van der Waals surface area contributed by atoms with Gasteiger partial charge >= 0.3 is 0 Å². The molecule has 1 saturated heterocycles.